The van der Waals surface area contributed by atoms with Crippen LogP contribution in [0.15, 0.2) is 24.3 Å². The number of rotatable bonds is 5. The van der Waals surface area contributed by atoms with E-state index in [9.17, 15) is 0 Å². The van der Waals surface area contributed by atoms with Crippen molar-refractivity contribution in [3.05, 3.63) is 29.8 Å². The molecule has 0 aliphatic heterocycles. The summed E-state index contributed by atoms with van der Waals surface area (Å²) in [4.78, 5) is 0. The Kier molecular flexibility index (Phi) is 4.63. The third-order valence-corrected chi connectivity index (χ3v) is 2.37. The predicted molar refractivity (Wildman–Crippen MR) is 64.3 cm³/mol. The standard InChI is InChI=1S/C13H21NO/c1-10(2)12-5-4-6-13(9-12)15-8-7-11(3)14/h4-6,9-11H,7-8,14H2,1-3H3. The van der Waals surface area contributed by atoms with E-state index in [0.717, 1.165) is 12.2 Å². The Labute approximate surface area is 92.4 Å². The molecule has 1 aromatic rings. The normalized spacial score (nSPS) is 12.9. The first-order valence-corrected chi connectivity index (χ1v) is 5.58. The predicted octanol–water partition coefficient (Wildman–Crippen LogP) is 2.93. The smallest absolute Gasteiger partial charge is 0.119 e. The van der Waals surface area contributed by atoms with Crippen LogP contribution in [-0.4, -0.2) is 12.6 Å². The molecule has 0 fully saturated rings. The Morgan fingerprint density at radius 2 is 2.00 bits per heavy atom. The summed E-state index contributed by atoms with van der Waals surface area (Å²) >= 11 is 0. The summed E-state index contributed by atoms with van der Waals surface area (Å²) < 4.78 is 5.63. The lowest BCUT2D eigenvalue weighted by atomic mass is 10.0. The van der Waals surface area contributed by atoms with E-state index in [2.05, 4.69) is 26.0 Å². The Bertz CT molecular complexity index is 294. The van der Waals surface area contributed by atoms with Crippen molar-refractivity contribution in [2.45, 2.75) is 39.2 Å². The Morgan fingerprint density at radius 3 is 2.60 bits per heavy atom. The molecule has 1 aromatic carbocycles. The van der Waals surface area contributed by atoms with Gasteiger partial charge in [0.1, 0.15) is 5.75 Å². The van der Waals surface area contributed by atoms with Gasteiger partial charge >= 0.3 is 0 Å². The van der Waals surface area contributed by atoms with Crippen molar-refractivity contribution in [3.8, 4) is 5.75 Å². The molecular formula is C13H21NO. The van der Waals surface area contributed by atoms with Crippen molar-refractivity contribution in [2.75, 3.05) is 6.61 Å². The van der Waals surface area contributed by atoms with E-state index in [1.807, 2.05) is 19.1 Å². The van der Waals surface area contributed by atoms with Crippen LogP contribution in [0.2, 0.25) is 0 Å². The summed E-state index contributed by atoms with van der Waals surface area (Å²) in [6.07, 6.45) is 0.895. The SMILES string of the molecule is CC(N)CCOc1cccc(C(C)C)c1. The van der Waals surface area contributed by atoms with Crippen LogP contribution >= 0.6 is 0 Å². The van der Waals surface area contributed by atoms with Gasteiger partial charge in [0, 0.05) is 6.04 Å². The lowest BCUT2D eigenvalue weighted by molar-refractivity contribution is 0.300. The van der Waals surface area contributed by atoms with Crippen molar-refractivity contribution in [1.82, 2.24) is 0 Å². The molecule has 0 aliphatic carbocycles. The second-order valence-corrected chi connectivity index (χ2v) is 4.34. The molecule has 0 heterocycles. The molecule has 0 amide bonds. The number of benzene rings is 1. The summed E-state index contributed by atoms with van der Waals surface area (Å²) in [5.74, 6) is 1.49. The van der Waals surface area contributed by atoms with Crippen LogP contribution in [0.3, 0.4) is 0 Å². The molecule has 0 saturated carbocycles. The van der Waals surface area contributed by atoms with Crippen LogP contribution < -0.4 is 10.5 Å². The first-order valence-electron chi connectivity index (χ1n) is 5.58. The second kappa shape index (κ2) is 5.76. The molecule has 0 spiro atoms. The van der Waals surface area contributed by atoms with Gasteiger partial charge in [-0.15, -0.1) is 0 Å². The van der Waals surface area contributed by atoms with Crippen LogP contribution in [-0.2, 0) is 0 Å². The maximum absolute atomic E-state index is 5.65. The highest BCUT2D eigenvalue weighted by Gasteiger charge is 2.01. The van der Waals surface area contributed by atoms with Gasteiger partial charge in [-0.1, -0.05) is 26.0 Å². The van der Waals surface area contributed by atoms with Crippen molar-refractivity contribution in [1.29, 1.82) is 0 Å². The van der Waals surface area contributed by atoms with Crippen molar-refractivity contribution < 1.29 is 4.74 Å². The first-order chi connectivity index (χ1) is 7.09. The van der Waals surface area contributed by atoms with Crippen LogP contribution in [0, 0.1) is 0 Å². The fourth-order valence-electron chi connectivity index (χ4n) is 1.33. The minimum absolute atomic E-state index is 0.207. The van der Waals surface area contributed by atoms with Gasteiger partial charge in [-0.3, -0.25) is 0 Å². The zero-order chi connectivity index (χ0) is 11.3. The van der Waals surface area contributed by atoms with E-state index < -0.39 is 0 Å². The minimum atomic E-state index is 0.207. The lowest BCUT2D eigenvalue weighted by Crippen LogP contribution is -2.18. The number of ether oxygens (including phenoxy) is 1. The number of hydrogen-bond donors (Lipinski definition) is 1. The topological polar surface area (TPSA) is 35.2 Å². The average Bonchev–Trinajstić information content (AvgIpc) is 2.17. The van der Waals surface area contributed by atoms with E-state index >= 15 is 0 Å². The molecule has 2 heteroatoms. The Hall–Kier alpha value is -1.02. The van der Waals surface area contributed by atoms with Gasteiger partial charge in [0.05, 0.1) is 6.61 Å². The largest absolute Gasteiger partial charge is 0.494 e. The van der Waals surface area contributed by atoms with Gasteiger partial charge in [-0.25, -0.2) is 0 Å². The molecule has 1 atom stereocenters. The minimum Gasteiger partial charge on any atom is -0.494 e. The molecule has 84 valence electrons. The molecule has 0 saturated heterocycles. The molecular weight excluding hydrogens is 186 g/mol. The molecule has 0 radical (unpaired) electrons. The second-order valence-electron chi connectivity index (χ2n) is 4.34. The van der Waals surface area contributed by atoms with Gasteiger partial charge in [-0.05, 0) is 37.0 Å². The summed E-state index contributed by atoms with van der Waals surface area (Å²) in [6, 6.07) is 8.47. The Morgan fingerprint density at radius 1 is 1.27 bits per heavy atom. The molecule has 1 rings (SSSR count). The van der Waals surface area contributed by atoms with Crippen molar-refractivity contribution in [2.24, 2.45) is 5.73 Å². The van der Waals surface area contributed by atoms with Gasteiger partial charge in [0.15, 0.2) is 0 Å². The van der Waals surface area contributed by atoms with Crippen LogP contribution in [0.5, 0.6) is 5.75 Å². The zero-order valence-corrected chi connectivity index (χ0v) is 9.86. The van der Waals surface area contributed by atoms with Crippen molar-refractivity contribution in [3.63, 3.8) is 0 Å². The van der Waals surface area contributed by atoms with E-state index in [1.54, 1.807) is 0 Å². The van der Waals surface area contributed by atoms with Gasteiger partial charge in [-0.2, -0.15) is 0 Å². The fraction of sp³-hybridized carbons (Fsp3) is 0.538. The van der Waals surface area contributed by atoms with Crippen molar-refractivity contribution >= 4 is 0 Å². The average molecular weight is 207 g/mol. The van der Waals surface area contributed by atoms with Gasteiger partial charge in [0.2, 0.25) is 0 Å². The van der Waals surface area contributed by atoms with E-state index in [4.69, 9.17) is 10.5 Å². The van der Waals surface area contributed by atoms with Gasteiger partial charge in [0.25, 0.3) is 0 Å². The third kappa shape index (κ3) is 4.34. The third-order valence-electron chi connectivity index (χ3n) is 2.37. The van der Waals surface area contributed by atoms with Gasteiger partial charge < -0.3 is 10.5 Å². The van der Waals surface area contributed by atoms with E-state index in [0.29, 0.717) is 12.5 Å². The first kappa shape index (κ1) is 12.1. The van der Waals surface area contributed by atoms with Crippen LogP contribution in [0.1, 0.15) is 38.7 Å². The zero-order valence-electron chi connectivity index (χ0n) is 9.86. The maximum Gasteiger partial charge on any atom is 0.119 e. The quantitative estimate of drug-likeness (QED) is 0.805. The maximum atomic E-state index is 5.65. The monoisotopic (exact) mass is 207 g/mol. The molecule has 2 nitrogen and oxygen atoms in total. The van der Waals surface area contributed by atoms with Crippen LogP contribution in [0.25, 0.3) is 0 Å². The number of hydrogen-bond acceptors (Lipinski definition) is 2. The summed E-state index contributed by atoms with van der Waals surface area (Å²) in [6.45, 7) is 7.05. The summed E-state index contributed by atoms with van der Waals surface area (Å²) in [7, 11) is 0. The lowest BCUT2D eigenvalue weighted by Gasteiger charge is -2.10. The molecule has 0 aromatic heterocycles. The number of nitrogens with two attached hydrogens (primary N) is 1. The molecule has 2 N–H and O–H groups in total. The fourth-order valence-corrected chi connectivity index (χ4v) is 1.33. The molecule has 1 unspecified atom stereocenters. The Balaban J connectivity index is 2.50. The highest BCUT2D eigenvalue weighted by Crippen LogP contribution is 2.20. The van der Waals surface area contributed by atoms with E-state index in [-0.39, 0.29) is 6.04 Å². The molecule has 0 bridgehead atoms. The molecule has 15 heavy (non-hydrogen) atoms. The molecule has 0 aliphatic rings. The highest BCUT2D eigenvalue weighted by atomic mass is 16.5. The van der Waals surface area contributed by atoms with Crippen LogP contribution in [0.4, 0.5) is 0 Å². The summed E-state index contributed by atoms with van der Waals surface area (Å²) in [5.41, 5.74) is 6.97. The highest BCUT2D eigenvalue weighted by molar-refractivity contribution is 5.30. The summed E-state index contributed by atoms with van der Waals surface area (Å²) in [5, 5.41) is 0. The van der Waals surface area contributed by atoms with E-state index in [1.165, 1.54) is 5.56 Å².